The van der Waals surface area contributed by atoms with Crippen LogP contribution >= 0.6 is 11.3 Å². The van der Waals surface area contributed by atoms with Gasteiger partial charge in [-0.1, -0.05) is 6.07 Å². The van der Waals surface area contributed by atoms with Gasteiger partial charge in [-0.3, -0.25) is 4.79 Å². The molecule has 0 aliphatic rings. The second kappa shape index (κ2) is 9.00. The number of carbonyl (C=O) groups is 1. The Labute approximate surface area is 171 Å². The van der Waals surface area contributed by atoms with E-state index in [-0.39, 0.29) is 12.5 Å². The maximum absolute atomic E-state index is 13.3. The largest absolute Gasteiger partial charge is 0.493 e. The van der Waals surface area contributed by atoms with Crippen molar-refractivity contribution in [2.45, 2.75) is 13.5 Å². The van der Waals surface area contributed by atoms with Crippen molar-refractivity contribution in [1.29, 1.82) is 0 Å². The van der Waals surface area contributed by atoms with E-state index < -0.39 is 11.6 Å². The van der Waals surface area contributed by atoms with E-state index in [1.165, 1.54) is 24.5 Å². The third-order valence-electron chi connectivity index (χ3n) is 4.33. The van der Waals surface area contributed by atoms with E-state index in [0.717, 1.165) is 17.7 Å². The second-order valence-electron chi connectivity index (χ2n) is 6.26. The molecule has 0 spiro atoms. The van der Waals surface area contributed by atoms with Crippen molar-refractivity contribution in [2.24, 2.45) is 0 Å². The maximum Gasteiger partial charge on any atom is 0.273 e. The number of methoxy groups -OCH3 is 1. The van der Waals surface area contributed by atoms with Gasteiger partial charge in [0.1, 0.15) is 17.3 Å². The molecule has 29 heavy (non-hydrogen) atoms. The highest BCUT2D eigenvalue weighted by Crippen LogP contribution is 2.34. The molecule has 152 valence electrons. The number of rotatable bonds is 7. The molecule has 0 aliphatic heterocycles. The third kappa shape index (κ3) is 4.71. The lowest BCUT2D eigenvalue weighted by Crippen LogP contribution is -2.26. The number of amides is 1. The summed E-state index contributed by atoms with van der Waals surface area (Å²) in [7, 11) is 3.24. The van der Waals surface area contributed by atoms with Gasteiger partial charge in [0.05, 0.1) is 7.11 Å². The van der Waals surface area contributed by atoms with Crippen LogP contribution in [0.15, 0.2) is 41.8 Å². The fourth-order valence-corrected chi connectivity index (χ4v) is 3.34. The van der Waals surface area contributed by atoms with Crippen LogP contribution in [0.4, 0.5) is 8.78 Å². The minimum absolute atomic E-state index is 0.0617. The van der Waals surface area contributed by atoms with Gasteiger partial charge in [0.2, 0.25) is 0 Å². The molecule has 0 saturated carbocycles. The summed E-state index contributed by atoms with van der Waals surface area (Å²) in [5.41, 5.74) is 1.68. The van der Waals surface area contributed by atoms with Gasteiger partial charge >= 0.3 is 0 Å². The molecule has 0 atom stereocenters. The fraction of sp³-hybridized carbons (Fsp3) is 0.238. The lowest BCUT2D eigenvalue weighted by Gasteiger charge is -2.12. The summed E-state index contributed by atoms with van der Waals surface area (Å²) in [6.07, 6.45) is 0. The molecular formula is C21H20F2N2O3S. The zero-order valence-electron chi connectivity index (χ0n) is 16.2. The number of hydrogen-bond acceptors (Lipinski definition) is 5. The Morgan fingerprint density at radius 1 is 1.14 bits per heavy atom. The molecule has 1 amide bonds. The highest BCUT2D eigenvalue weighted by Gasteiger charge is 2.16. The summed E-state index contributed by atoms with van der Waals surface area (Å²) in [5, 5.41) is 2.41. The Morgan fingerprint density at radius 2 is 1.93 bits per heavy atom. The molecule has 0 saturated heterocycles. The first-order chi connectivity index (χ1) is 13.9. The zero-order chi connectivity index (χ0) is 21.0. The molecule has 5 nitrogen and oxygen atoms in total. The topological polar surface area (TPSA) is 51.7 Å². The summed E-state index contributed by atoms with van der Waals surface area (Å²) >= 11 is 1.36. The van der Waals surface area contributed by atoms with Gasteiger partial charge in [-0.25, -0.2) is 13.8 Å². The molecule has 8 heteroatoms. The number of hydrogen-bond donors (Lipinski definition) is 0. The zero-order valence-corrected chi connectivity index (χ0v) is 17.1. The van der Waals surface area contributed by atoms with Crippen LogP contribution in [0.5, 0.6) is 11.5 Å². The Morgan fingerprint density at radius 3 is 2.62 bits per heavy atom. The molecule has 1 aromatic heterocycles. The Balaban J connectivity index is 1.77. The van der Waals surface area contributed by atoms with Crippen LogP contribution in [0, 0.1) is 11.6 Å². The number of benzene rings is 2. The van der Waals surface area contributed by atoms with Crippen LogP contribution in [-0.2, 0) is 6.61 Å². The highest BCUT2D eigenvalue weighted by molar-refractivity contribution is 7.13. The summed E-state index contributed by atoms with van der Waals surface area (Å²) in [6.45, 7) is 2.56. The van der Waals surface area contributed by atoms with Crippen molar-refractivity contribution in [3.63, 3.8) is 0 Å². The van der Waals surface area contributed by atoms with Crippen molar-refractivity contribution >= 4 is 17.2 Å². The van der Waals surface area contributed by atoms with Gasteiger partial charge in [-0.05, 0) is 42.8 Å². The van der Waals surface area contributed by atoms with Gasteiger partial charge in [-0.2, -0.15) is 0 Å². The lowest BCUT2D eigenvalue weighted by atomic mass is 10.2. The summed E-state index contributed by atoms with van der Waals surface area (Å²) < 4.78 is 37.5. The standard InChI is InChI=1S/C21H20F2N2O3S/c1-4-25(2)21(26)17-12-29-20(24-17)14-6-8-18(19(10-14)27-3)28-11-13-5-7-15(22)16(23)9-13/h5-10,12H,4,11H2,1-3H3. The smallest absolute Gasteiger partial charge is 0.273 e. The molecule has 3 rings (SSSR count). The number of thiazole rings is 1. The van der Waals surface area contributed by atoms with E-state index in [0.29, 0.717) is 34.3 Å². The average molecular weight is 418 g/mol. The normalized spacial score (nSPS) is 10.7. The van der Waals surface area contributed by atoms with Crippen molar-refractivity contribution < 1.29 is 23.0 Å². The molecule has 0 N–H and O–H groups in total. The molecule has 2 aromatic carbocycles. The first-order valence-electron chi connectivity index (χ1n) is 8.89. The van der Waals surface area contributed by atoms with Crippen molar-refractivity contribution in [2.75, 3.05) is 20.7 Å². The van der Waals surface area contributed by atoms with Gasteiger partial charge in [-0.15, -0.1) is 11.3 Å². The molecule has 0 fully saturated rings. The van der Waals surface area contributed by atoms with E-state index in [4.69, 9.17) is 9.47 Å². The molecule has 0 aliphatic carbocycles. The Hall–Kier alpha value is -3.00. The van der Waals surface area contributed by atoms with Gasteiger partial charge in [0.25, 0.3) is 5.91 Å². The van der Waals surface area contributed by atoms with E-state index in [9.17, 15) is 13.6 Å². The van der Waals surface area contributed by atoms with Gasteiger partial charge < -0.3 is 14.4 Å². The molecular weight excluding hydrogens is 398 g/mol. The predicted octanol–water partition coefficient (Wildman–Crippen LogP) is 4.77. The van der Waals surface area contributed by atoms with Crippen molar-refractivity contribution in [3.05, 3.63) is 64.7 Å². The summed E-state index contributed by atoms with van der Waals surface area (Å²) in [6, 6.07) is 8.90. The lowest BCUT2D eigenvalue weighted by molar-refractivity contribution is 0.0797. The van der Waals surface area contributed by atoms with Crippen LogP contribution < -0.4 is 9.47 Å². The number of carbonyl (C=O) groups excluding carboxylic acids is 1. The second-order valence-corrected chi connectivity index (χ2v) is 7.12. The first kappa shape index (κ1) is 20.7. The van der Waals surface area contributed by atoms with E-state index in [2.05, 4.69) is 4.98 Å². The van der Waals surface area contributed by atoms with E-state index in [1.54, 1.807) is 35.5 Å². The molecule has 0 radical (unpaired) electrons. The molecule has 0 bridgehead atoms. The molecule has 3 aromatic rings. The fourth-order valence-electron chi connectivity index (χ4n) is 2.55. The first-order valence-corrected chi connectivity index (χ1v) is 9.77. The minimum Gasteiger partial charge on any atom is -0.493 e. The maximum atomic E-state index is 13.3. The van der Waals surface area contributed by atoms with E-state index >= 15 is 0 Å². The molecule has 1 heterocycles. The van der Waals surface area contributed by atoms with Gasteiger partial charge in [0, 0.05) is 24.5 Å². The third-order valence-corrected chi connectivity index (χ3v) is 5.22. The Bertz CT molecular complexity index is 1020. The Kier molecular flexibility index (Phi) is 6.43. The van der Waals surface area contributed by atoms with Crippen LogP contribution in [0.3, 0.4) is 0 Å². The minimum atomic E-state index is -0.920. The summed E-state index contributed by atoms with van der Waals surface area (Å²) in [5.74, 6) is -1.02. The van der Waals surface area contributed by atoms with Crippen LogP contribution in [0.25, 0.3) is 10.6 Å². The average Bonchev–Trinajstić information content (AvgIpc) is 3.23. The van der Waals surface area contributed by atoms with Crippen LogP contribution in [-0.4, -0.2) is 36.5 Å². The monoisotopic (exact) mass is 418 g/mol. The predicted molar refractivity (Wildman–Crippen MR) is 107 cm³/mol. The number of ether oxygens (including phenoxy) is 2. The molecule has 0 unspecified atom stereocenters. The van der Waals surface area contributed by atoms with Crippen molar-refractivity contribution in [1.82, 2.24) is 9.88 Å². The quantitative estimate of drug-likeness (QED) is 0.555. The summed E-state index contributed by atoms with van der Waals surface area (Å²) in [4.78, 5) is 18.2. The van der Waals surface area contributed by atoms with Crippen molar-refractivity contribution in [3.8, 4) is 22.1 Å². The van der Waals surface area contributed by atoms with Crippen LogP contribution in [0.1, 0.15) is 23.0 Å². The van der Waals surface area contributed by atoms with Gasteiger partial charge in [0.15, 0.2) is 23.1 Å². The SMILES string of the molecule is CCN(C)C(=O)c1csc(-c2ccc(OCc3ccc(F)c(F)c3)c(OC)c2)n1. The number of nitrogens with zero attached hydrogens (tertiary/aromatic N) is 2. The highest BCUT2D eigenvalue weighted by atomic mass is 32.1. The van der Waals surface area contributed by atoms with E-state index in [1.807, 2.05) is 6.92 Å². The van der Waals surface area contributed by atoms with Crippen LogP contribution in [0.2, 0.25) is 0 Å². The number of aromatic nitrogens is 1. The number of halogens is 2.